The van der Waals surface area contributed by atoms with Crippen molar-refractivity contribution in [2.24, 2.45) is 0 Å². The molecule has 3 nitrogen and oxygen atoms in total. The number of hydrogen-bond acceptors (Lipinski definition) is 3. The number of rotatable bonds is 1. The first-order chi connectivity index (χ1) is 6.66. The van der Waals surface area contributed by atoms with Gasteiger partial charge in [-0.15, -0.1) is 10.2 Å². The summed E-state index contributed by atoms with van der Waals surface area (Å²) in [6.07, 6.45) is -0.247. The van der Waals surface area contributed by atoms with E-state index in [-0.39, 0.29) is 18.1 Å². The van der Waals surface area contributed by atoms with E-state index in [1.54, 1.807) is 13.0 Å². The summed E-state index contributed by atoms with van der Waals surface area (Å²) in [6.45, 7) is 1.74. The Balaban J connectivity index is 2.52. The Kier molecular flexibility index (Phi) is 1.55. The average Bonchev–Trinajstić information content (AvgIpc) is 2.51. The van der Waals surface area contributed by atoms with Gasteiger partial charge in [-0.05, 0) is 30.7 Å². The van der Waals surface area contributed by atoms with Gasteiger partial charge in [-0.3, -0.25) is 0 Å². The Morgan fingerprint density at radius 2 is 2.38 bits per heavy atom. The monoisotopic (exact) mass is 179 g/mol. The SMILES string of the molecule is [2H]c1nnc(-c2ccc(F)cc2C)o1. The van der Waals surface area contributed by atoms with Crippen LogP contribution in [0.25, 0.3) is 11.5 Å². The predicted octanol–water partition coefficient (Wildman–Crippen LogP) is 2.18. The van der Waals surface area contributed by atoms with Crippen molar-refractivity contribution in [2.45, 2.75) is 6.92 Å². The van der Waals surface area contributed by atoms with Gasteiger partial charge in [0.2, 0.25) is 12.3 Å². The molecule has 0 radical (unpaired) electrons. The van der Waals surface area contributed by atoms with Crippen LogP contribution >= 0.6 is 0 Å². The van der Waals surface area contributed by atoms with Gasteiger partial charge in [-0.25, -0.2) is 4.39 Å². The Morgan fingerprint density at radius 3 is 3.00 bits per heavy atom. The predicted molar refractivity (Wildman–Crippen MR) is 44.4 cm³/mol. The molecular weight excluding hydrogens is 171 g/mol. The standard InChI is InChI=1S/C9H7FN2O/c1-6-4-7(10)2-3-8(6)9-12-11-5-13-9/h2-5H,1H3/i5D. The van der Waals surface area contributed by atoms with Gasteiger partial charge in [0.15, 0.2) is 0 Å². The maximum absolute atomic E-state index is 12.8. The normalized spacial score (nSPS) is 11.4. The summed E-state index contributed by atoms with van der Waals surface area (Å²) in [5, 5.41) is 7.06. The maximum Gasteiger partial charge on any atom is 0.247 e. The molecular formula is C9H7FN2O. The second-order valence-electron chi connectivity index (χ2n) is 2.66. The van der Waals surface area contributed by atoms with E-state index in [1.165, 1.54) is 12.1 Å². The largest absolute Gasteiger partial charge is 0.423 e. The first-order valence-corrected chi connectivity index (χ1v) is 3.73. The van der Waals surface area contributed by atoms with Gasteiger partial charge in [0.05, 0.1) is 0 Å². The van der Waals surface area contributed by atoms with E-state index < -0.39 is 0 Å². The zero-order valence-corrected chi connectivity index (χ0v) is 6.91. The molecule has 0 unspecified atom stereocenters. The van der Waals surface area contributed by atoms with Crippen LogP contribution in [0, 0.1) is 12.7 Å². The lowest BCUT2D eigenvalue weighted by atomic mass is 10.1. The lowest BCUT2D eigenvalue weighted by Gasteiger charge is -1.99. The molecule has 0 saturated heterocycles. The Bertz CT molecular complexity index is 470. The molecule has 0 aliphatic rings. The lowest BCUT2D eigenvalue weighted by molar-refractivity contribution is 0.567. The Morgan fingerprint density at radius 1 is 1.54 bits per heavy atom. The fourth-order valence-electron chi connectivity index (χ4n) is 1.13. The van der Waals surface area contributed by atoms with E-state index in [0.29, 0.717) is 11.1 Å². The molecule has 66 valence electrons. The van der Waals surface area contributed by atoms with E-state index in [4.69, 9.17) is 5.79 Å². The molecule has 0 saturated carbocycles. The molecule has 0 spiro atoms. The number of hydrogen-bond donors (Lipinski definition) is 0. The van der Waals surface area contributed by atoms with Crippen LogP contribution in [0.4, 0.5) is 4.39 Å². The van der Waals surface area contributed by atoms with Crippen molar-refractivity contribution in [1.82, 2.24) is 10.2 Å². The van der Waals surface area contributed by atoms with Crippen LogP contribution in [0.3, 0.4) is 0 Å². The molecule has 0 bridgehead atoms. The van der Waals surface area contributed by atoms with Crippen LogP contribution in [0.1, 0.15) is 6.93 Å². The summed E-state index contributed by atoms with van der Waals surface area (Å²) in [5.74, 6) is -0.0654. The molecule has 1 heterocycles. The summed E-state index contributed by atoms with van der Waals surface area (Å²) in [4.78, 5) is 0. The van der Waals surface area contributed by atoms with Crippen molar-refractivity contribution < 1.29 is 10.2 Å². The molecule has 0 aliphatic carbocycles. The highest BCUT2D eigenvalue weighted by atomic mass is 19.1. The molecule has 13 heavy (non-hydrogen) atoms. The van der Waals surface area contributed by atoms with Crippen molar-refractivity contribution in [1.29, 1.82) is 0 Å². The van der Waals surface area contributed by atoms with E-state index in [0.717, 1.165) is 0 Å². The minimum absolute atomic E-state index is 0.243. The van der Waals surface area contributed by atoms with Crippen LogP contribution in [0.2, 0.25) is 0 Å². The zero-order chi connectivity index (χ0) is 10.1. The minimum atomic E-state index is -0.308. The van der Waals surface area contributed by atoms with Crippen LogP contribution in [-0.2, 0) is 0 Å². The van der Waals surface area contributed by atoms with Gasteiger partial charge in [0.1, 0.15) is 7.19 Å². The van der Waals surface area contributed by atoms with Crippen molar-refractivity contribution in [2.75, 3.05) is 0 Å². The van der Waals surface area contributed by atoms with Crippen molar-refractivity contribution in [3.05, 3.63) is 35.9 Å². The summed E-state index contributed by atoms with van der Waals surface area (Å²) in [6, 6.07) is 4.25. The second-order valence-corrected chi connectivity index (χ2v) is 2.66. The molecule has 0 fully saturated rings. The zero-order valence-electron chi connectivity index (χ0n) is 7.91. The highest BCUT2D eigenvalue weighted by Crippen LogP contribution is 2.21. The first kappa shape index (κ1) is 6.77. The molecule has 0 N–H and O–H groups in total. The number of aryl methyl sites for hydroxylation is 1. The number of halogens is 1. The third kappa shape index (κ3) is 1.42. The van der Waals surface area contributed by atoms with Gasteiger partial charge < -0.3 is 4.42 Å². The summed E-state index contributed by atoms with van der Waals surface area (Å²) in [5.41, 5.74) is 1.35. The lowest BCUT2D eigenvalue weighted by Crippen LogP contribution is -1.85. The van der Waals surface area contributed by atoms with Gasteiger partial charge in [0, 0.05) is 5.56 Å². The average molecular weight is 179 g/mol. The second kappa shape index (κ2) is 2.97. The van der Waals surface area contributed by atoms with Crippen molar-refractivity contribution in [3.8, 4) is 11.5 Å². The summed E-state index contributed by atoms with van der Waals surface area (Å²) in [7, 11) is 0. The van der Waals surface area contributed by atoms with E-state index in [9.17, 15) is 4.39 Å². The quantitative estimate of drug-likeness (QED) is 0.673. The van der Waals surface area contributed by atoms with Crippen molar-refractivity contribution >= 4 is 0 Å². The fourth-order valence-corrected chi connectivity index (χ4v) is 1.13. The summed E-state index contributed by atoms with van der Waals surface area (Å²) < 4.78 is 24.7. The first-order valence-electron chi connectivity index (χ1n) is 4.23. The smallest absolute Gasteiger partial charge is 0.247 e. The minimum Gasteiger partial charge on any atom is -0.423 e. The molecule has 2 rings (SSSR count). The van der Waals surface area contributed by atoms with Crippen LogP contribution in [0.5, 0.6) is 0 Å². The fraction of sp³-hybridized carbons (Fsp3) is 0.111. The van der Waals surface area contributed by atoms with Crippen molar-refractivity contribution in [3.63, 3.8) is 0 Å². The third-order valence-electron chi connectivity index (χ3n) is 1.74. The highest BCUT2D eigenvalue weighted by molar-refractivity contribution is 5.57. The number of nitrogens with zero attached hydrogens (tertiary/aromatic N) is 2. The van der Waals surface area contributed by atoms with E-state index in [2.05, 4.69) is 10.2 Å². The molecule has 1 aromatic heterocycles. The Labute approximate surface area is 75.6 Å². The van der Waals surface area contributed by atoms with Crippen LogP contribution in [-0.4, -0.2) is 10.2 Å². The van der Waals surface area contributed by atoms with E-state index in [1.807, 2.05) is 0 Å². The highest BCUT2D eigenvalue weighted by Gasteiger charge is 2.06. The number of benzene rings is 1. The molecule has 1 aromatic carbocycles. The molecule has 0 amide bonds. The van der Waals surface area contributed by atoms with Gasteiger partial charge in [-0.1, -0.05) is 0 Å². The topological polar surface area (TPSA) is 38.9 Å². The Hall–Kier alpha value is -1.71. The van der Waals surface area contributed by atoms with E-state index >= 15 is 0 Å². The molecule has 2 aromatic rings. The molecule has 0 aliphatic heterocycles. The molecule has 0 atom stereocenters. The summed E-state index contributed by atoms with van der Waals surface area (Å²) >= 11 is 0. The number of aromatic nitrogens is 2. The maximum atomic E-state index is 12.8. The van der Waals surface area contributed by atoms with Gasteiger partial charge in [0.25, 0.3) is 0 Å². The molecule has 4 heteroatoms. The van der Waals surface area contributed by atoms with Gasteiger partial charge >= 0.3 is 0 Å². The third-order valence-corrected chi connectivity index (χ3v) is 1.74. The van der Waals surface area contributed by atoms with Crippen LogP contribution < -0.4 is 0 Å². The van der Waals surface area contributed by atoms with Gasteiger partial charge in [-0.2, -0.15) is 0 Å². The van der Waals surface area contributed by atoms with Crippen LogP contribution in [0.15, 0.2) is 29.0 Å².